The van der Waals surface area contributed by atoms with Crippen molar-refractivity contribution in [1.82, 2.24) is 10.2 Å². The van der Waals surface area contributed by atoms with Gasteiger partial charge in [-0.15, -0.1) is 11.3 Å². The van der Waals surface area contributed by atoms with Gasteiger partial charge in [0.05, 0.1) is 3.79 Å². The summed E-state index contributed by atoms with van der Waals surface area (Å²) in [6.07, 6.45) is 0. The molecule has 0 aliphatic carbocycles. The van der Waals surface area contributed by atoms with E-state index in [4.69, 9.17) is 0 Å². The highest BCUT2D eigenvalue weighted by atomic mass is 79.9. The molecule has 96 valence electrons. The van der Waals surface area contributed by atoms with Crippen LogP contribution >= 0.6 is 55.0 Å². The second kappa shape index (κ2) is 7.50. The molecule has 0 bridgehead atoms. The molecule has 1 aromatic rings. The van der Waals surface area contributed by atoms with Crippen LogP contribution in [0.5, 0.6) is 0 Å². The average molecular weight is 400 g/mol. The molecule has 2 heterocycles. The van der Waals surface area contributed by atoms with Crippen molar-refractivity contribution in [1.29, 1.82) is 0 Å². The number of hydrogen-bond donors (Lipinski definition) is 1. The summed E-state index contributed by atoms with van der Waals surface area (Å²) in [6.45, 7) is 5.73. The van der Waals surface area contributed by atoms with Gasteiger partial charge in [0.1, 0.15) is 0 Å². The second-order valence-corrected chi connectivity index (χ2v) is 8.50. The van der Waals surface area contributed by atoms with E-state index in [1.165, 1.54) is 39.8 Å². The summed E-state index contributed by atoms with van der Waals surface area (Å²) in [5, 5.41) is 3.51. The van der Waals surface area contributed by atoms with Crippen molar-refractivity contribution in [3.63, 3.8) is 0 Å². The van der Waals surface area contributed by atoms with Gasteiger partial charge in [0.25, 0.3) is 0 Å². The lowest BCUT2D eigenvalue weighted by Crippen LogP contribution is -2.37. The zero-order valence-electron chi connectivity index (χ0n) is 9.55. The minimum atomic E-state index is 0.970. The molecule has 1 fully saturated rings. The van der Waals surface area contributed by atoms with E-state index in [2.05, 4.69) is 59.9 Å². The summed E-state index contributed by atoms with van der Waals surface area (Å²) in [5.41, 5.74) is 0. The van der Waals surface area contributed by atoms with Crippen LogP contribution < -0.4 is 5.32 Å². The Morgan fingerprint density at radius 3 is 2.71 bits per heavy atom. The molecule has 1 aromatic heterocycles. The van der Waals surface area contributed by atoms with Crippen LogP contribution in [0.2, 0.25) is 0 Å². The molecule has 0 atom stereocenters. The Hall–Kier alpha value is 0.930. The first-order valence-electron chi connectivity index (χ1n) is 5.70. The maximum atomic E-state index is 3.52. The van der Waals surface area contributed by atoms with Crippen LogP contribution in [0, 0.1) is 0 Å². The van der Waals surface area contributed by atoms with E-state index >= 15 is 0 Å². The minimum absolute atomic E-state index is 0.970. The smallest absolute Gasteiger partial charge is 0.0843 e. The number of thiophene rings is 1. The van der Waals surface area contributed by atoms with Gasteiger partial charge in [-0.2, -0.15) is 11.8 Å². The van der Waals surface area contributed by atoms with Gasteiger partial charge in [0.2, 0.25) is 0 Å². The van der Waals surface area contributed by atoms with Crippen LogP contribution in [-0.4, -0.2) is 42.6 Å². The Bertz CT molecular complexity index is 332. The van der Waals surface area contributed by atoms with Gasteiger partial charge >= 0.3 is 0 Å². The van der Waals surface area contributed by atoms with Crippen LogP contribution in [-0.2, 0) is 6.54 Å². The molecule has 6 heteroatoms. The van der Waals surface area contributed by atoms with Gasteiger partial charge in [0.15, 0.2) is 0 Å². The maximum absolute atomic E-state index is 3.52. The maximum Gasteiger partial charge on any atom is 0.0843 e. The Balaban J connectivity index is 1.62. The van der Waals surface area contributed by atoms with Crippen molar-refractivity contribution < 1.29 is 0 Å². The summed E-state index contributed by atoms with van der Waals surface area (Å²) in [6, 6.07) is 2.18. The molecule has 0 saturated carbocycles. The molecule has 2 nitrogen and oxygen atoms in total. The minimum Gasteiger partial charge on any atom is -0.311 e. The predicted molar refractivity (Wildman–Crippen MR) is 85.2 cm³/mol. The molecular weight excluding hydrogens is 384 g/mol. The van der Waals surface area contributed by atoms with E-state index in [-0.39, 0.29) is 0 Å². The van der Waals surface area contributed by atoms with Gasteiger partial charge in [-0.25, -0.2) is 0 Å². The molecule has 0 radical (unpaired) electrons. The van der Waals surface area contributed by atoms with E-state index in [0.29, 0.717) is 0 Å². The molecule has 1 saturated heterocycles. The number of nitrogens with one attached hydrogen (secondary N) is 1. The molecule has 17 heavy (non-hydrogen) atoms. The monoisotopic (exact) mass is 398 g/mol. The van der Waals surface area contributed by atoms with Crippen molar-refractivity contribution in [3.05, 3.63) is 19.2 Å². The molecule has 0 amide bonds. The molecule has 1 aliphatic rings. The van der Waals surface area contributed by atoms with Crippen molar-refractivity contribution in [2.24, 2.45) is 0 Å². The predicted octanol–water partition coefficient (Wildman–Crippen LogP) is 3.41. The highest BCUT2D eigenvalue weighted by molar-refractivity contribution is 9.13. The average Bonchev–Trinajstić information content (AvgIpc) is 2.66. The Kier molecular flexibility index (Phi) is 6.33. The molecule has 0 aromatic carbocycles. The van der Waals surface area contributed by atoms with E-state index in [9.17, 15) is 0 Å². The fourth-order valence-electron chi connectivity index (χ4n) is 1.75. The van der Waals surface area contributed by atoms with Crippen LogP contribution in [0.4, 0.5) is 0 Å². The first kappa shape index (κ1) is 14.3. The van der Waals surface area contributed by atoms with Crippen LogP contribution in [0.3, 0.4) is 0 Å². The lowest BCUT2D eigenvalue weighted by Gasteiger charge is -2.25. The third-order valence-corrected chi connectivity index (χ3v) is 6.90. The highest BCUT2D eigenvalue weighted by Crippen LogP contribution is 2.32. The first-order valence-corrected chi connectivity index (χ1v) is 9.26. The summed E-state index contributed by atoms with van der Waals surface area (Å²) in [4.78, 5) is 3.92. The first-order chi connectivity index (χ1) is 8.25. The third kappa shape index (κ3) is 4.84. The summed E-state index contributed by atoms with van der Waals surface area (Å²) in [5.74, 6) is 2.59. The Labute approximate surface area is 128 Å². The Morgan fingerprint density at radius 1 is 1.29 bits per heavy atom. The third-order valence-electron chi connectivity index (χ3n) is 2.70. The highest BCUT2D eigenvalue weighted by Gasteiger charge is 2.09. The zero-order valence-corrected chi connectivity index (χ0v) is 14.4. The molecule has 1 aliphatic heterocycles. The van der Waals surface area contributed by atoms with E-state index in [1.807, 2.05) is 0 Å². The fourth-order valence-corrected chi connectivity index (χ4v) is 4.88. The number of rotatable bonds is 5. The lowest BCUT2D eigenvalue weighted by molar-refractivity contribution is 0.301. The molecule has 0 unspecified atom stereocenters. The van der Waals surface area contributed by atoms with Crippen LogP contribution in [0.15, 0.2) is 14.3 Å². The zero-order chi connectivity index (χ0) is 12.1. The summed E-state index contributed by atoms with van der Waals surface area (Å²) < 4.78 is 2.34. The van der Waals surface area contributed by atoms with Crippen molar-refractivity contribution in [3.8, 4) is 0 Å². The standard InChI is InChI=1S/C11H16Br2N2S2/c12-10-7-9(17-11(10)13)8-14-1-2-15-3-5-16-6-4-15/h7,14H,1-6,8H2. The number of hydrogen-bond acceptors (Lipinski definition) is 4. The van der Waals surface area contributed by atoms with E-state index < -0.39 is 0 Å². The van der Waals surface area contributed by atoms with E-state index in [1.54, 1.807) is 11.3 Å². The summed E-state index contributed by atoms with van der Waals surface area (Å²) in [7, 11) is 0. The largest absolute Gasteiger partial charge is 0.311 e. The van der Waals surface area contributed by atoms with Gasteiger partial charge in [-0.1, -0.05) is 0 Å². The number of halogens is 2. The quantitative estimate of drug-likeness (QED) is 0.763. The molecule has 0 spiro atoms. The van der Waals surface area contributed by atoms with E-state index in [0.717, 1.165) is 17.6 Å². The van der Waals surface area contributed by atoms with Gasteiger partial charge in [-0.3, -0.25) is 0 Å². The van der Waals surface area contributed by atoms with Gasteiger partial charge in [0, 0.05) is 53.6 Å². The SMILES string of the molecule is Brc1cc(CNCCN2CCSCC2)sc1Br. The number of nitrogens with zero attached hydrogens (tertiary/aromatic N) is 1. The van der Waals surface area contributed by atoms with Crippen LogP contribution in [0.1, 0.15) is 4.88 Å². The molecular formula is C11H16Br2N2S2. The van der Waals surface area contributed by atoms with Gasteiger partial charge < -0.3 is 10.2 Å². The van der Waals surface area contributed by atoms with Crippen molar-refractivity contribution in [2.75, 3.05) is 37.7 Å². The fraction of sp³-hybridized carbons (Fsp3) is 0.636. The lowest BCUT2D eigenvalue weighted by atomic mass is 10.4. The van der Waals surface area contributed by atoms with Crippen molar-refractivity contribution in [2.45, 2.75) is 6.54 Å². The van der Waals surface area contributed by atoms with Crippen molar-refractivity contribution >= 4 is 55.0 Å². The molecule has 1 N–H and O–H groups in total. The second-order valence-electron chi connectivity index (χ2n) is 3.97. The Morgan fingerprint density at radius 2 is 2.06 bits per heavy atom. The topological polar surface area (TPSA) is 15.3 Å². The number of thioether (sulfide) groups is 1. The normalized spacial score (nSPS) is 17.5. The summed E-state index contributed by atoms with van der Waals surface area (Å²) >= 11 is 10.9. The van der Waals surface area contributed by atoms with Gasteiger partial charge in [-0.05, 0) is 37.9 Å². The molecule has 2 rings (SSSR count). The van der Waals surface area contributed by atoms with Crippen LogP contribution in [0.25, 0.3) is 0 Å².